The van der Waals surface area contributed by atoms with Crippen LogP contribution in [-0.4, -0.2) is 44.2 Å². The average Bonchev–Trinajstić information content (AvgIpc) is 3.32. The fraction of sp³-hybridized carbons (Fsp3) is 0.280. The topological polar surface area (TPSA) is 66.5 Å². The quantitative estimate of drug-likeness (QED) is 0.520. The summed E-state index contributed by atoms with van der Waals surface area (Å²) in [5, 5.41) is 7.60. The van der Waals surface area contributed by atoms with Crippen LogP contribution in [0.1, 0.15) is 28.5 Å². The van der Waals surface area contributed by atoms with E-state index in [9.17, 15) is 13.6 Å². The standard InChI is InChI=1S/C25H24F2N4O2S/c1-4-25(2,16-5-7-18(33-3)8-6-16)21-15-34-24(29-21)30-23(32)22-19(26)13-17(14-20(22)27)31-11-9-28-10-12-31/h1,5-8,13-15,28H,9-12H2,2-3H3,(H,29,30,32). The van der Waals surface area contributed by atoms with Gasteiger partial charge in [-0.2, -0.15) is 0 Å². The molecule has 176 valence electrons. The third-order valence-corrected chi connectivity index (χ3v) is 6.69. The summed E-state index contributed by atoms with van der Waals surface area (Å²) < 4.78 is 34.7. The van der Waals surface area contributed by atoms with Crippen molar-refractivity contribution in [3.63, 3.8) is 0 Å². The van der Waals surface area contributed by atoms with Crippen LogP contribution in [0.3, 0.4) is 0 Å². The Balaban J connectivity index is 1.54. The minimum Gasteiger partial charge on any atom is -0.497 e. The molecule has 1 fully saturated rings. The number of amides is 1. The van der Waals surface area contributed by atoms with E-state index in [2.05, 4.69) is 21.5 Å². The van der Waals surface area contributed by atoms with E-state index < -0.39 is 28.5 Å². The van der Waals surface area contributed by atoms with Crippen LogP contribution in [0.5, 0.6) is 5.75 Å². The zero-order valence-corrected chi connectivity index (χ0v) is 19.6. The molecule has 1 unspecified atom stereocenters. The Morgan fingerprint density at radius 2 is 1.88 bits per heavy atom. The molecule has 0 radical (unpaired) electrons. The number of rotatable bonds is 6. The lowest BCUT2D eigenvalue weighted by Gasteiger charge is -2.29. The molecule has 1 saturated heterocycles. The van der Waals surface area contributed by atoms with Gasteiger partial charge < -0.3 is 15.0 Å². The number of thiazole rings is 1. The second kappa shape index (κ2) is 9.79. The van der Waals surface area contributed by atoms with Crippen molar-refractivity contribution in [1.29, 1.82) is 0 Å². The summed E-state index contributed by atoms with van der Waals surface area (Å²) in [6, 6.07) is 9.68. The molecule has 1 aromatic heterocycles. The Morgan fingerprint density at radius 1 is 1.24 bits per heavy atom. The highest BCUT2D eigenvalue weighted by Crippen LogP contribution is 2.34. The van der Waals surface area contributed by atoms with Gasteiger partial charge in [0.15, 0.2) is 5.13 Å². The van der Waals surface area contributed by atoms with Gasteiger partial charge in [0, 0.05) is 37.2 Å². The van der Waals surface area contributed by atoms with Crippen LogP contribution in [0.4, 0.5) is 19.6 Å². The van der Waals surface area contributed by atoms with Crippen molar-refractivity contribution in [2.75, 3.05) is 43.5 Å². The molecule has 0 saturated carbocycles. The van der Waals surface area contributed by atoms with E-state index in [4.69, 9.17) is 11.2 Å². The molecule has 2 aromatic carbocycles. The lowest BCUT2D eigenvalue weighted by Crippen LogP contribution is -2.43. The van der Waals surface area contributed by atoms with Crippen LogP contribution in [0.25, 0.3) is 0 Å². The predicted octanol–water partition coefficient (Wildman–Crippen LogP) is 4.03. The van der Waals surface area contributed by atoms with Crippen LogP contribution in [0, 0.1) is 24.0 Å². The number of ether oxygens (including phenoxy) is 1. The second-order valence-electron chi connectivity index (χ2n) is 8.01. The minimum atomic E-state index is -0.922. The van der Waals surface area contributed by atoms with Gasteiger partial charge in [-0.25, -0.2) is 13.8 Å². The van der Waals surface area contributed by atoms with E-state index in [0.717, 1.165) is 30.0 Å². The molecule has 9 heteroatoms. The van der Waals surface area contributed by atoms with Gasteiger partial charge in [0.25, 0.3) is 5.91 Å². The molecule has 1 aliphatic rings. The van der Waals surface area contributed by atoms with Gasteiger partial charge in [0.2, 0.25) is 0 Å². The maximum atomic E-state index is 14.8. The lowest BCUT2D eigenvalue weighted by molar-refractivity contribution is 0.101. The molecule has 1 atom stereocenters. The fourth-order valence-electron chi connectivity index (χ4n) is 3.83. The largest absolute Gasteiger partial charge is 0.497 e. The summed E-state index contributed by atoms with van der Waals surface area (Å²) in [6.45, 7) is 4.56. The number of anilines is 2. The number of hydrogen-bond acceptors (Lipinski definition) is 6. The van der Waals surface area contributed by atoms with E-state index in [1.54, 1.807) is 24.6 Å². The maximum absolute atomic E-state index is 14.8. The van der Waals surface area contributed by atoms with Gasteiger partial charge in [-0.1, -0.05) is 18.1 Å². The normalized spacial score (nSPS) is 15.3. The molecule has 0 spiro atoms. The molecule has 0 bridgehead atoms. The molecule has 34 heavy (non-hydrogen) atoms. The van der Waals surface area contributed by atoms with E-state index >= 15 is 0 Å². The highest BCUT2D eigenvalue weighted by Gasteiger charge is 2.30. The Labute approximate surface area is 201 Å². The summed E-state index contributed by atoms with van der Waals surface area (Å²) in [6.07, 6.45) is 5.85. The maximum Gasteiger partial charge on any atom is 0.263 e. The van der Waals surface area contributed by atoms with Gasteiger partial charge in [0.1, 0.15) is 22.9 Å². The summed E-state index contributed by atoms with van der Waals surface area (Å²) in [4.78, 5) is 19.0. The molecular weight excluding hydrogens is 458 g/mol. The Hall–Kier alpha value is -3.48. The Kier molecular flexibility index (Phi) is 6.82. The minimum absolute atomic E-state index is 0.194. The van der Waals surface area contributed by atoms with Crippen molar-refractivity contribution in [2.24, 2.45) is 0 Å². The number of piperazine rings is 1. The van der Waals surface area contributed by atoms with E-state index in [1.165, 1.54) is 12.1 Å². The molecule has 1 aliphatic heterocycles. The second-order valence-corrected chi connectivity index (χ2v) is 8.87. The first-order valence-corrected chi connectivity index (χ1v) is 11.6. The molecule has 2 N–H and O–H groups in total. The molecule has 2 heterocycles. The highest BCUT2D eigenvalue weighted by molar-refractivity contribution is 7.14. The number of hydrogen-bond donors (Lipinski definition) is 2. The summed E-state index contributed by atoms with van der Waals surface area (Å²) in [5.41, 5.74) is 0.252. The third kappa shape index (κ3) is 4.60. The van der Waals surface area contributed by atoms with Crippen LogP contribution in [0.15, 0.2) is 41.8 Å². The number of nitrogens with one attached hydrogen (secondary N) is 2. The average molecular weight is 483 g/mol. The molecule has 0 aliphatic carbocycles. The molecule has 3 aromatic rings. The fourth-order valence-corrected chi connectivity index (χ4v) is 4.65. The number of aromatic nitrogens is 1. The van der Waals surface area contributed by atoms with Crippen LogP contribution in [0.2, 0.25) is 0 Å². The third-order valence-electron chi connectivity index (χ3n) is 5.93. The van der Waals surface area contributed by atoms with Crippen LogP contribution in [-0.2, 0) is 5.41 Å². The van der Waals surface area contributed by atoms with Crippen molar-refractivity contribution in [3.8, 4) is 18.1 Å². The first kappa shape index (κ1) is 23.7. The number of methoxy groups -OCH3 is 1. The van der Waals surface area contributed by atoms with Crippen LogP contribution >= 0.6 is 11.3 Å². The monoisotopic (exact) mass is 482 g/mol. The van der Waals surface area contributed by atoms with Gasteiger partial charge in [-0.3, -0.25) is 10.1 Å². The zero-order valence-electron chi connectivity index (χ0n) is 18.8. The number of terminal acetylenes is 1. The van der Waals surface area contributed by atoms with E-state index in [-0.39, 0.29) is 5.13 Å². The van der Waals surface area contributed by atoms with Crippen molar-refractivity contribution in [1.82, 2.24) is 10.3 Å². The lowest BCUT2D eigenvalue weighted by atomic mass is 9.81. The number of benzene rings is 2. The van der Waals surface area contributed by atoms with Crippen molar-refractivity contribution < 1.29 is 18.3 Å². The molecule has 4 rings (SSSR count). The van der Waals surface area contributed by atoms with Gasteiger partial charge in [0.05, 0.1) is 18.2 Å². The number of nitrogens with zero attached hydrogens (tertiary/aromatic N) is 2. The zero-order chi connectivity index (χ0) is 24.3. The van der Waals surface area contributed by atoms with Crippen molar-refractivity contribution >= 4 is 28.1 Å². The molecular formula is C25H24F2N4O2S. The van der Waals surface area contributed by atoms with E-state index in [1.807, 2.05) is 24.0 Å². The SMILES string of the molecule is C#CC(C)(c1ccc(OC)cc1)c1csc(NC(=O)c2c(F)cc(N3CCNCC3)cc2F)n1. The number of carbonyl (C=O) groups excluding carboxylic acids is 1. The first-order valence-electron chi connectivity index (χ1n) is 10.7. The van der Waals surface area contributed by atoms with Gasteiger partial charge >= 0.3 is 0 Å². The van der Waals surface area contributed by atoms with Gasteiger partial charge in [-0.05, 0) is 36.8 Å². The Morgan fingerprint density at radius 3 is 2.47 bits per heavy atom. The predicted molar refractivity (Wildman–Crippen MR) is 130 cm³/mol. The van der Waals surface area contributed by atoms with Crippen molar-refractivity contribution in [3.05, 3.63) is 70.2 Å². The molecule has 6 nitrogen and oxygen atoms in total. The highest BCUT2D eigenvalue weighted by atomic mass is 32.1. The number of halogens is 2. The molecule has 1 amide bonds. The number of carbonyl (C=O) groups is 1. The van der Waals surface area contributed by atoms with Crippen molar-refractivity contribution in [2.45, 2.75) is 12.3 Å². The summed E-state index contributed by atoms with van der Waals surface area (Å²) in [7, 11) is 1.58. The first-order chi connectivity index (χ1) is 16.4. The van der Waals surface area contributed by atoms with Gasteiger partial charge in [-0.15, -0.1) is 17.8 Å². The van der Waals surface area contributed by atoms with E-state index in [0.29, 0.717) is 30.2 Å². The smallest absolute Gasteiger partial charge is 0.263 e. The Bertz CT molecular complexity index is 1210. The summed E-state index contributed by atoms with van der Waals surface area (Å²) >= 11 is 1.13. The summed E-state index contributed by atoms with van der Waals surface area (Å²) in [5.74, 6) is 0.708. The van der Waals surface area contributed by atoms with Crippen LogP contribution < -0.4 is 20.3 Å².